The Labute approximate surface area is 96.4 Å². The maximum atomic E-state index is 11.6. The Hall–Kier alpha value is -0.680. The van der Waals surface area contributed by atoms with E-state index in [0.717, 1.165) is 25.8 Å². The van der Waals surface area contributed by atoms with Crippen molar-refractivity contribution in [2.24, 2.45) is 5.73 Å². The van der Waals surface area contributed by atoms with Crippen LogP contribution in [0.2, 0.25) is 0 Å². The van der Waals surface area contributed by atoms with Crippen molar-refractivity contribution in [3.8, 4) is 0 Å². The fraction of sp³-hybridized carbons (Fsp3) is 0.800. The van der Waals surface area contributed by atoms with Gasteiger partial charge in [0.2, 0.25) is 5.91 Å². The summed E-state index contributed by atoms with van der Waals surface area (Å²) in [5, 5.41) is 0. The molecule has 0 aliphatic carbocycles. The largest absolute Gasteiger partial charge is 0.392 e. The zero-order chi connectivity index (χ0) is 11.4. The summed E-state index contributed by atoms with van der Waals surface area (Å²) >= 11 is 5.02. The lowest BCUT2D eigenvalue weighted by Crippen LogP contribution is -2.50. The number of nitrogens with two attached hydrogens (primary N) is 1. The van der Waals surface area contributed by atoms with Crippen LogP contribution in [0.25, 0.3) is 0 Å². The third-order valence-electron chi connectivity index (χ3n) is 2.78. The van der Waals surface area contributed by atoms with Gasteiger partial charge in [-0.15, -0.1) is 0 Å². The summed E-state index contributed by atoms with van der Waals surface area (Å²) in [5.41, 5.74) is 5.67. The van der Waals surface area contributed by atoms with Crippen molar-refractivity contribution in [3.05, 3.63) is 0 Å². The van der Waals surface area contributed by atoms with Gasteiger partial charge >= 0.3 is 0 Å². The Morgan fingerprint density at radius 1 is 1.53 bits per heavy atom. The van der Waals surface area contributed by atoms with E-state index < -0.39 is 0 Å². The Morgan fingerprint density at radius 3 is 2.73 bits per heavy atom. The molecule has 1 unspecified atom stereocenters. The second-order valence-electron chi connectivity index (χ2n) is 4.17. The van der Waals surface area contributed by atoms with E-state index in [2.05, 4.69) is 4.90 Å². The third-order valence-corrected chi connectivity index (χ3v) is 3.05. The Bertz CT molecular complexity index is 255. The smallest absolute Gasteiger partial charge is 0.236 e. The van der Waals surface area contributed by atoms with Crippen LogP contribution >= 0.6 is 12.2 Å². The van der Waals surface area contributed by atoms with Crippen LogP contribution in [0.15, 0.2) is 0 Å². The molecule has 1 saturated heterocycles. The van der Waals surface area contributed by atoms with Gasteiger partial charge in [-0.05, 0) is 19.4 Å². The minimum Gasteiger partial charge on any atom is -0.392 e. The van der Waals surface area contributed by atoms with E-state index in [-0.39, 0.29) is 11.9 Å². The number of carbonyl (C=O) groups is 1. The molecule has 0 radical (unpaired) electrons. The number of amides is 1. The molecule has 0 aromatic rings. The first kappa shape index (κ1) is 12.4. The highest BCUT2D eigenvalue weighted by Crippen LogP contribution is 2.16. The first-order valence-corrected chi connectivity index (χ1v) is 5.66. The molecular formula is C10H19N3OS. The molecule has 4 nitrogen and oxygen atoms in total. The minimum atomic E-state index is 0.109. The summed E-state index contributed by atoms with van der Waals surface area (Å²) in [4.78, 5) is 15.8. The summed E-state index contributed by atoms with van der Waals surface area (Å²) in [6.45, 7) is 1.34. The molecule has 0 aromatic heterocycles. The molecule has 2 N–H and O–H groups in total. The van der Waals surface area contributed by atoms with E-state index in [9.17, 15) is 4.79 Å². The van der Waals surface area contributed by atoms with Gasteiger partial charge in [-0.1, -0.05) is 18.6 Å². The number of piperidine rings is 1. The van der Waals surface area contributed by atoms with E-state index in [0.29, 0.717) is 11.5 Å². The zero-order valence-corrected chi connectivity index (χ0v) is 10.2. The van der Waals surface area contributed by atoms with E-state index >= 15 is 0 Å². The van der Waals surface area contributed by atoms with Crippen molar-refractivity contribution in [1.29, 1.82) is 0 Å². The van der Waals surface area contributed by atoms with Gasteiger partial charge in [0.15, 0.2) is 0 Å². The third kappa shape index (κ3) is 3.43. The van der Waals surface area contributed by atoms with Gasteiger partial charge in [-0.3, -0.25) is 9.69 Å². The van der Waals surface area contributed by atoms with Gasteiger partial charge in [-0.25, -0.2) is 0 Å². The maximum absolute atomic E-state index is 11.6. The molecule has 0 aromatic carbocycles. The summed E-state index contributed by atoms with van der Waals surface area (Å²) in [6.07, 6.45) is 3.25. The van der Waals surface area contributed by atoms with Crippen LogP contribution < -0.4 is 5.73 Å². The molecule has 0 saturated carbocycles. The molecular weight excluding hydrogens is 210 g/mol. The van der Waals surface area contributed by atoms with Gasteiger partial charge in [-0.2, -0.15) is 0 Å². The molecule has 1 heterocycles. The fourth-order valence-corrected chi connectivity index (χ4v) is 2.08. The lowest BCUT2D eigenvalue weighted by molar-refractivity contribution is -0.130. The van der Waals surface area contributed by atoms with Crippen molar-refractivity contribution in [2.45, 2.75) is 25.3 Å². The van der Waals surface area contributed by atoms with Crippen LogP contribution in [0.1, 0.15) is 19.3 Å². The standard InChI is InChI=1S/C10H19N3OS/c1-12(2)9(14)7-13-6-4-3-5-8(13)10(11)15/h8H,3-7H2,1-2H3,(H2,11,15). The van der Waals surface area contributed by atoms with Gasteiger partial charge < -0.3 is 10.6 Å². The number of carbonyl (C=O) groups excluding carboxylic acids is 1. The predicted octanol–water partition coefficient (Wildman–Crippen LogP) is 0.215. The van der Waals surface area contributed by atoms with Crippen LogP contribution in [0, 0.1) is 0 Å². The van der Waals surface area contributed by atoms with Gasteiger partial charge in [0.1, 0.15) is 0 Å². The minimum absolute atomic E-state index is 0.109. The van der Waals surface area contributed by atoms with Crippen molar-refractivity contribution in [3.63, 3.8) is 0 Å². The lowest BCUT2D eigenvalue weighted by atomic mass is 10.0. The first-order valence-electron chi connectivity index (χ1n) is 5.26. The Morgan fingerprint density at radius 2 is 2.20 bits per heavy atom. The number of likely N-dealkylation sites (tertiary alicyclic amines) is 1. The highest BCUT2D eigenvalue weighted by molar-refractivity contribution is 7.80. The van der Waals surface area contributed by atoms with Crippen molar-refractivity contribution < 1.29 is 4.79 Å². The fourth-order valence-electron chi connectivity index (χ4n) is 1.82. The van der Waals surface area contributed by atoms with E-state index in [1.807, 2.05) is 0 Å². The highest BCUT2D eigenvalue weighted by Gasteiger charge is 2.26. The van der Waals surface area contributed by atoms with Crippen molar-refractivity contribution in [1.82, 2.24) is 9.80 Å². The van der Waals surface area contributed by atoms with Crippen molar-refractivity contribution in [2.75, 3.05) is 27.2 Å². The quantitative estimate of drug-likeness (QED) is 0.703. The predicted molar refractivity (Wildman–Crippen MR) is 64.7 cm³/mol. The van der Waals surface area contributed by atoms with Gasteiger partial charge in [0.25, 0.3) is 0 Å². The Balaban J connectivity index is 2.57. The number of rotatable bonds is 3. The average Bonchev–Trinajstić information content (AvgIpc) is 2.18. The molecule has 0 bridgehead atoms. The molecule has 1 aliphatic rings. The van der Waals surface area contributed by atoms with Crippen LogP contribution in [-0.4, -0.2) is 53.9 Å². The summed E-state index contributed by atoms with van der Waals surface area (Å²) < 4.78 is 0. The first-order chi connectivity index (χ1) is 7.02. The van der Waals surface area contributed by atoms with Crippen molar-refractivity contribution >= 4 is 23.1 Å². The number of thiocarbonyl (C=S) groups is 1. The van der Waals surface area contributed by atoms with Crippen LogP contribution in [0.5, 0.6) is 0 Å². The van der Waals surface area contributed by atoms with Gasteiger partial charge in [0.05, 0.1) is 17.6 Å². The number of hydrogen-bond donors (Lipinski definition) is 1. The normalized spacial score (nSPS) is 22.4. The molecule has 1 amide bonds. The summed E-state index contributed by atoms with van der Waals surface area (Å²) in [5.74, 6) is 0.109. The van der Waals surface area contributed by atoms with Crippen LogP contribution in [-0.2, 0) is 4.79 Å². The number of nitrogens with zero attached hydrogens (tertiary/aromatic N) is 2. The highest BCUT2D eigenvalue weighted by atomic mass is 32.1. The molecule has 0 spiro atoms. The van der Waals surface area contributed by atoms with E-state index in [4.69, 9.17) is 18.0 Å². The molecule has 1 rings (SSSR count). The SMILES string of the molecule is CN(C)C(=O)CN1CCCCC1C(N)=S. The molecule has 1 aliphatic heterocycles. The molecule has 15 heavy (non-hydrogen) atoms. The van der Waals surface area contributed by atoms with Crippen LogP contribution in [0.3, 0.4) is 0 Å². The molecule has 1 atom stereocenters. The second-order valence-corrected chi connectivity index (χ2v) is 4.64. The van der Waals surface area contributed by atoms with Crippen LogP contribution in [0.4, 0.5) is 0 Å². The topological polar surface area (TPSA) is 49.6 Å². The number of likely N-dealkylation sites (N-methyl/N-ethyl adjacent to an activating group) is 1. The Kier molecular flexibility index (Phi) is 4.47. The second kappa shape index (κ2) is 5.42. The monoisotopic (exact) mass is 229 g/mol. The molecule has 86 valence electrons. The number of hydrogen-bond acceptors (Lipinski definition) is 3. The van der Waals surface area contributed by atoms with E-state index in [1.54, 1.807) is 19.0 Å². The molecule has 5 heteroatoms. The average molecular weight is 229 g/mol. The summed E-state index contributed by atoms with van der Waals surface area (Å²) in [6, 6.07) is 0.109. The lowest BCUT2D eigenvalue weighted by Gasteiger charge is -2.34. The maximum Gasteiger partial charge on any atom is 0.236 e. The summed E-state index contributed by atoms with van der Waals surface area (Å²) in [7, 11) is 3.53. The van der Waals surface area contributed by atoms with E-state index in [1.165, 1.54) is 0 Å². The molecule has 1 fully saturated rings. The van der Waals surface area contributed by atoms with Gasteiger partial charge in [0, 0.05) is 14.1 Å². The zero-order valence-electron chi connectivity index (χ0n) is 9.40.